The molecule has 0 radical (unpaired) electrons. The van der Waals surface area contributed by atoms with Crippen molar-refractivity contribution in [3.8, 4) is 0 Å². The van der Waals surface area contributed by atoms with Gasteiger partial charge in [0.1, 0.15) is 6.04 Å². The summed E-state index contributed by atoms with van der Waals surface area (Å²) >= 11 is 1.19. The van der Waals surface area contributed by atoms with Crippen molar-refractivity contribution in [3.63, 3.8) is 0 Å². The number of hydrogen-bond acceptors (Lipinski definition) is 7. The summed E-state index contributed by atoms with van der Waals surface area (Å²) in [6, 6.07) is -1.49. The molecule has 3 amide bonds. The summed E-state index contributed by atoms with van der Waals surface area (Å²) in [4.78, 5) is 55.5. The highest BCUT2D eigenvalue weighted by Gasteiger charge is 2.63. The topological polar surface area (TPSA) is 138 Å². The zero-order chi connectivity index (χ0) is 24.0. The van der Waals surface area contributed by atoms with Crippen molar-refractivity contribution in [3.05, 3.63) is 11.1 Å². The highest BCUT2D eigenvalue weighted by molar-refractivity contribution is 7.13. The van der Waals surface area contributed by atoms with Gasteiger partial charge in [0.25, 0.3) is 0 Å². The molecule has 3 unspecified atom stereocenters. The van der Waals surface area contributed by atoms with Crippen LogP contribution >= 0.6 is 11.3 Å². The van der Waals surface area contributed by atoms with Crippen molar-refractivity contribution >= 4 is 40.3 Å². The number of methoxy groups -OCH3 is 1. The fraction of sp³-hybridized carbons (Fsp3) is 0.682. The molecule has 4 aliphatic carbocycles. The first kappa shape index (κ1) is 23.5. The number of aliphatic carboxylic acids is 1. The van der Waals surface area contributed by atoms with E-state index in [2.05, 4.69) is 15.6 Å². The van der Waals surface area contributed by atoms with Crippen LogP contribution in [0.15, 0.2) is 5.38 Å². The molecule has 1 heterocycles. The van der Waals surface area contributed by atoms with Gasteiger partial charge in [-0.1, -0.05) is 0 Å². The van der Waals surface area contributed by atoms with E-state index in [1.807, 2.05) is 0 Å². The summed E-state index contributed by atoms with van der Waals surface area (Å²) in [7, 11) is 4.60. The molecular formula is C22H30N4O6S. The second kappa shape index (κ2) is 8.58. The van der Waals surface area contributed by atoms with Crippen LogP contribution in [0.3, 0.4) is 0 Å². The van der Waals surface area contributed by atoms with Crippen molar-refractivity contribution < 1.29 is 29.0 Å². The molecule has 33 heavy (non-hydrogen) atoms. The predicted octanol–water partition coefficient (Wildman–Crippen LogP) is 2.11. The average Bonchev–Trinajstić information content (AvgIpc) is 3.18. The maximum atomic E-state index is 13.5. The van der Waals surface area contributed by atoms with Gasteiger partial charge in [-0.25, -0.2) is 14.6 Å². The van der Waals surface area contributed by atoms with E-state index < -0.39 is 22.8 Å². The number of thiazole rings is 1. The van der Waals surface area contributed by atoms with Crippen molar-refractivity contribution in [2.45, 2.75) is 51.0 Å². The summed E-state index contributed by atoms with van der Waals surface area (Å²) < 4.78 is 5.10. The lowest BCUT2D eigenvalue weighted by atomic mass is 9.44. The smallest absolute Gasteiger partial charge is 0.326 e. The second-order valence-electron chi connectivity index (χ2n) is 10.1. The van der Waals surface area contributed by atoms with E-state index in [4.69, 9.17) is 4.74 Å². The number of esters is 1. The van der Waals surface area contributed by atoms with E-state index in [1.165, 1.54) is 23.3 Å². The van der Waals surface area contributed by atoms with Crippen molar-refractivity contribution in [1.82, 2.24) is 15.2 Å². The van der Waals surface area contributed by atoms with Crippen molar-refractivity contribution in [2.75, 3.05) is 26.5 Å². The number of carboxylic acid groups (broad SMARTS) is 1. The molecule has 0 aliphatic heterocycles. The largest absolute Gasteiger partial charge is 0.480 e. The maximum absolute atomic E-state index is 13.5. The van der Waals surface area contributed by atoms with Crippen molar-refractivity contribution in [1.29, 1.82) is 0 Å². The second-order valence-corrected chi connectivity index (χ2v) is 10.9. The average molecular weight is 479 g/mol. The Morgan fingerprint density at radius 1 is 1.21 bits per heavy atom. The third-order valence-electron chi connectivity index (χ3n) is 7.35. The van der Waals surface area contributed by atoms with Gasteiger partial charge in [-0.3, -0.25) is 14.9 Å². The number of carbonyl (C=O) groups excluding carboxylic acids is 3. The molecule has 3 N–H and O–H groups in total. The monoisotopic (exact) mass is 478 g/mol. The van der Waals surface area contributed by atoms with Crippen LogP contribution in [-0.4, -0.2) is 66.1 Å². The molecule has 0 spiro atoms. The van der Waals surface area contributed by atoms with Gasteiger partial charge in [0.15, 0.2) is 5.13 Å². The molecule has 0 aromatic carbocycles. The first-order valence-corrected chi connectivity index (χ1v) is 12.0. The molecule has 11 heteroatoms. The van der Waals surface area contributed by atoms with E-state index >= 15 is 0 Å². The molecule has 3 atom stereocenters. The Hall–Kier alpha value is -2.69. The van der Waals surface area contributed by atoms with Gasteiger partial charge < -0.3 is 20.1 Å². The third-order valence-corrected chi connectivity index (χ3v) is 8.16. The zero-order valence-corrected chi connectivity index (χ0v) is 19.9. The van der Waals surface area contributed by atoms with Gasteiger partial charge in [0, 0.05) is 25.9 Å². The molecule has 4 aliphatic rings. The minimum absolute atomic E-state index is 0.000486. The quantitative estimate of drug-likeness (QED) is 0.510. The fourth-order valence-electron chi connectivity index (χ4n) is 6.37. The molecule has 10 nitrogen and oxygen atoms in total. The lowest BCUT2D eigenvalue weighted by Gasteiger charge is -2.59. The number of nitrogens with one attached hydrogen (secondary N) is 2. The lowest BCUT2D eigenvalue weighted by molar-refractivity contribution is -0.182. The number of amides is 3. The highest BCUT2D eigenvalue weighted by atomic mass is 32.1. The summed E-state index contributed by atoms with van der Waals surface area (Å²) in [6.07, 6.45) is 4.27. The number of aromatic nitrogens is 1. The molecule has 4 fully saturated rings. The van der Waals surface area contributed by atoms with Crippen LogP contribution in [0, 0.1) is 22.7 Å². The van der Waals surface area contributed by atoms with Gasteiger partial charge in [-0.15, -0.1) is 11.3 Å². The molecule has 1 aromatic rings. The Balaban J connectivity index is 1.47. The fourth-order valence-corrected chi connectivity index (χ4v) is 7.08. The lowest BCUT2D eigenvalue weighted by Crippen LogP contribution is -2.61. The van der Waals surface area contributed by atoms with Crippen LogP contribution in [0.5, 0.6) is 0 Å². The van der Waals surface area contributed by atoms with Gasteiger partial charge >= 0.3 is 18.0 Å². The first-order chi connectivity index (χ1) is 15.6. The number of rotatable bonds is 7. The molecule has 1 aromatic heterocycles. The van der Waals surface area contributed by atoms with Crippen LogP contribution < -0.4 is 10.6 Å². The summed E-state index contributed by atoms with van der Waals surface area (Å²) in [5.74, 6) is -1.14. The van der Waals surface area contributed by atoms with E-state index in [-0.39, 0.29) is 36.2 Å². The van der Waals surface area contributed by atoms with Gasteiger partial charge in [0.05, 0.1) is 23.6 Å². The zero-order valence-electron chi connectivity index (χ0n) is 19.1. The number of ether oxygens (including phenoxy) is 1. The minimum Gasteiger partial charge on any atom is -0.480 e. The molecule has 4 saturated carbocycles. The Labute approximate surface area is 196 Å². The van der Waals surface area contributed by atoms with E-state index in [0.717, 1.165) is 19.3 Å². The van der Waals surface area contributed by atoms with Crippen LogP contribution in [0.1, 0.15) is 44.2 Å². The standard InChI is InChI=1S/C22H30N4O6S/c1-26(2)20(31)25-19-23-14(10-33-19)5-15(16(27)28)24-17(29)21-6-12-4-13(7-21)9-22(8-12,11-21)18(30)32-3/h10,12-13,15H,4-9,11H2,1-3H3,(H,24,29)(H,27,28)(H,23,25,31). The molecule has 5 rings (SSSR count). The maximum Gasteiger partial charge on any atom is 0.326 e. The van der Waals surface area contributed by atoms with Crippen LogP contribution in [0.4, 0.5) is 9.93 Å². The summed E-state index contributed by atoms with van der Waals surface area (Å²) in [6.45, 7) is 0. The van der Waals surface area contributed by atoms with E-state index in [0.29, 0.717) is 30.1 Å². The Morgan fingerprint density at radius 2 is 1.85 bits per heavy atom. The van der Waals surface area contributed by atoms with E-state index in [1.54, 1.807) is 19.5 Å². The highest BCUT2D eigenvalue weighted by Crippen LogP contribution is 2.65. The molecular weight excluding hydrogens is 448 g/mol. The van der Waals surface area contributed by atoms with Gasteiger partial charge in [-0.05, 0) is 50.4 Å². The Bertz CT molecular complexity index is 962. The van der Waals surface area contributed by atoms with Crippen LogP contribution in [-0.2, 0) is 25.5 Å². The Kier molecular flexibility index (Phi) is 6.10. The molecule has 4 bridgehead atoms. The van der Waals surface area contributed by atoms with Gasteiger partial charge in [-0.2, -0.15) is 0 Å². The SMILES string of the molecule is COC(=O)C12CC3CC(CC(C(=O)NC(Cc4csc(NC(=O)N(C)C)n4)C(=O)O)(C3)C1)C2. The summed E-state index contributed by atoms with van der Waals surface area (Å²) in [5.41, 5.74) is -0.902. The molecule has 0 saturated heterocycles. The van der Waals surface area contributed by atoms with E-state index in [9.17, 15) is 24.3 Å². The summed E-state index contributed by atoms with van der Waals surface area (Å²) in [5, 5.41) is 17.2. The number of carboxylic acids is 1. The third kappa shape index (κ3) is 4.42. The van der Waals surface area contributed by atoms with Crippen molar-refractivity contribution in [2.24, 2.45) is 22.7 Å². The number of hydrogen-bond donors (Lipinski definition) is 3. The van der Waals surface area contributed by atoms with Gasteiger partial charge in [0.2, 0.25) is 5.91 Å². The minimum atomic E-state index is -1.15. The number of anilines is 1. The number of nitrogens with zero attached hydrogens (tertiary/aromatic N) is 2. The molecule has 180 valence electrons. The predicted molar refractivity (Wildman–Crippen MR) is 120 cm³/mol. The first-order valence-electron chi connectivity index (χ1n) is 11.1. The normalized spacial score (nSPS) is 30.4. The Morgan fingerprint density at radius 3 is 2.42 bits per heavy atom. The number of carbonyl (C=O) groups is 4. The van der Waals surface area contributed by atoms with Crippen LogP contribution in [0.25, 0.3) is 0 Å². The number of urea groups is 1. The van der Waals surface area contributed by atoms with Crippen LogP contribution in [0.2, 0.25) is 0 Å².